The van der Waals surface area contributed by atoms with Crippen LogP contribution in [-0.2, 0) is 9.22 Å². The Morgan fingerprint density at radius 3 is 2.44 bits per heavy atom. The molecular weight excluding hydrogens is 248 g/mol. The van der Waals surface area contributed by atoms with Gasteiger partial charge in [0, 0.05) is 19.5 Å². The van der Waals surface area contributed by atoms with Gasteiger partial charge in [0.15, 0.2) is 8.32 Å². The van der Waals surface area contributed by atoms with Crippen LogP contribution in [0.2, 0.25) is 18.1 Å². The monoisotopic (exact) mass is 272 g/mol. The van der Waals surface area contributed by atoms with E-state index in [1.54, 1.807) is 4.90 Å². The molecule has 6 heteroatoms. The van der Waals surface area contributed by atoms with Crippen LogP contribution in [0.1, 0.15) is 27.2 Å². The fourth-order valence-electron chi connectivity index (χ4n) is 1.44. The average molecular weight is 272 g/mol. The van der Waals surface area contributed by atoms with Crippen molar-refractivity contribution in [2.45, 2.75) is 45.3 Å². The van der Waals surface area contributed by atoms with Gasteiger partial charge in [-0.05, 0) is 18.1 Å². The number of urea groups is 1. The van der Waals surface area contributed by atoms with Crippen LogP contribution in [-0.4, -0.2) is 44.9 Å². The van der Waals surface area contributed by atoms with E-state index >= 15 is 0 Å². The van der Waals surface area contributed by atoms with Gasteiger partial charge in [-0.15, -0.1) is 0 Å². The van der Waals surface area contributed by atoms with Gasteiger partial charge in [-0.3, -0.25) is 10.1 Å². The molecule has 3 amide bonds. The molecule has 0 saturated carbocycles. The molecule has 0 bridgehead atoms. The summed E-state index contributed by atoms with van der Waals surface area (Å²) < 4.78 is 6.00. The summed E-state index contributed by atoms with van der Waals surface area (Å²) in [6.45, 7) is 12.5. The van der Waals surface area contributed by atoms with Crippen molar-refractivity contribution < 1.29 is 14.0 Å². The van der Waals surface area contributed by atoms with Crippen LogP contribution < -0.4 is 5.32 Å². The van der Waals surface area contributed by atoms with E-state index in [0.29, 0.717) is 26.1 Å². The molecule has 1 rings (SSSR count). The normalized spacial score (nSPS) is 17.9. The Hall–Kier alpha value is -0.883. The first kappa shape index (κ1) is 15.2. The Morgan fingerprint density at radius 2 is 1.94 bits per heavy atom. The minimum Gasteiger partial charge on any atom is -0.415 e. The van der Waals surface area contributed by atoms with E-state index in [1.165, 1.54) is 0 Å². The van der Waals surface area contributed by atoms with Crippen molar-refractivity contribution in [2.24, 2.45) is 0 Å². The lowest BCUT2D eigenvalue weighted by atomic mass is 10.2. The van der Waals surface area contributed by atoms with Crippen LogP contribution >= 0.6 is 0 Å². The summed E-state index contributed by atoms with van der Waals surface area (Å²) in [5, 5.41) is 2.48. The third-order valence-corrected chi connectivity index (χ3v) is 8.31. The molecule has 1 N–H and O–H groups in total. The molecule has 0 aromatic carbocycles. The van der Waals surface area contributed by atoms with E-state index in [0.717, 1.165) is 0 Å². The van der Waals surface area contributed by atoms with Crippen LogP contribution in [0, 0.1) is 0 Å². The Kier molecular flexibility index (Phi) is 4.55. The molecule has 1 fully saturated rings. The van der Waals surface area contributed by atoms with Gasteiger partial charge in [0.05, 0.1) is 6.61 Å². The van der Waals surface area contributed by atoms with Crippen LogP contribution in [0.3, 0.4) is 0 Å². The number of nitrogens with zero attached hydrogens (tertiary/aromatic N) is 1. The molecular formula is C12H24N2O3Si. The highest BCUT2D eigenvalue weighted by Crippen LogP contribution is 2.36. The lowest BCUT2D eigenvalue weighted by Crippen LogP contribution is -2.51. The summed E-state index contributed by atoms with van der Waals surface area (Å²) in [5.41, 5.74) is 0. The second-order valence-corrected chi connectivity index (χ2v) is 11.0. The first-order valence-electron chi connectivity index (χ1n) is 6.36. The molecule has 0 atom stereocenters. The highest BCUT2D eigenvalue weighted by atomic mass is 28.4. The molecule has 0 aromatic heterocycles. The van der Waals surface area contributed by atoms with E-state index < -0.39 is 8.32 Å². The summed E-state index contributed by atoms with van der Waals surface area (Å²) in [4.78, 5) is 24.1. The number of rotatable bonds is 4. The molecule has 0 aromatic rings. The molecule has 18 heavy (non-hydrogen) atoms. The Bertz CT molecular complexity index is 337. The number of carbonyl (C=O) groups is 2. The third kappa shape index (κ3) is 3.81. The second-order valence-electron chi connectivity index (χ2n) is 6.20. The van der Waals surface area contributed by atoms with Crippen LogP contribution in [0.4, 0.5) is 4.79 Å². The number of imide groups is 1. The molecule has 1 aliphatic heterocycles. The molecule has 104 valence electrons. The minimum absolute atomic E-state index is 0.174. The molecule has 0 spiro atoms. The topological polar surface area (TPSA) is 58.6 Å². The van der Waals surface area contributed by atoms with Gasteiger partial charge in [0.2, 0.25) is 5.91 Å². The number of hydrogen-bond acceptors (Lipinski definition) is 3. The van der Waals surface area contributed by atoms with Crippen molar-refractivity contribution in [1.82, 2.24) is 10.2 Å². The van der Waals surface area contributed by atoms with Gasteiger partial charge in [-0.1, -0.05) is 20.8 Å². The first-order chi connectivity index (χ1) is 8.13. The third-order valence-electron chi connectivity index (χ3n) is 3.77. The number of hydrogen-bond donors (Lipinski definition) is 1. The summed E-state index contributed by atoms with van der Waals surface area (Å²) in [5.74, 6) is -0.193. The SMILES string of the molecule is CC(C)(C)[Si](C)(C)OCCN1CCC(=O)NC1=O. The number of carbonyl (C=O) groups excluding carboxylic acids is 2. The minimum atomic E-state index is -1.75. The standard InChI is InChI=1S/C12H24N2O3Si/c1-12(2,3)18(4,5)17-9-8-14-7-6-10(15)13-11(14)16/h6-9H2,1-5H3,(H,13,15,16). The first-order valence-corrected chi connectivity index (χ1v) is 9.27. The fraction of sp³-hybridized carbons (Fsp3) is 0.833. The predicted molar refractivity (Wildman–Crippen MR) is 72.9 cm³/mol. The van der Waals surface area contributed by atoms with Crippen molar-refractivity contribution in [2.75, 3.05) is 19.7 Å². The van der Waals surface area contributed by atoms with Crippen molar-refractivity contribution in [1.29, 1.82) is 0 Å². The molecule has 0 radical (unpaired) electrons. The molecule has 5 nitrogen and oxygen atoms in total. The van der Waals surface area contributed by atoms with E-state index in [-0.39, 0.29) is 17.0 Å². The van der Waals surface area contributed by atoms with Gasteiger partial charge < -0.3 is 9.33 Å². The van der Waals surface area contributed by atoms with Gasteiger partial charge in [-0.2, -0.15) is 0 Å². The summed E-state index contributed by atoms with van der Waals surface area (Å²) in [6.07, 6.45) is 0.381. The molecule has 0 unspecified atom stereocenters. The molecule has 1 heterocycles. The summed E-state index contributed by atoms with van der Waals surface area (Å²) in [6, 6.07) is -0.301. The van der Waals surface area contributed by atoms with Crippen LogP contribution in [0.15, 0.2) is 0 Å². The van der Waals surface area contributed by atoms with Crippen molar-refractivity contribution >= 4 is 20.3 Å². The number of amides is 3. The van der Waals surface area contributed by atoms with Crippen molar-refractivity contribution in [3.8, 4) is 0 Å². The summed E-state index contributed by atoms with van der Waals surface area (Å²) in [7, 11) is -1.75. The molecule has 1 aliphatic rings. The molecule has 1 saturated heterocycles. The largest absolute Gasteiger partial charge is 0.415 e. The van der Waals surface area contributed by atoms with Crippen molar-refractivity contribution in [3.05, 3.63) is 0 Å². The average Bonchev–Trinajstić information content (AvgIpc) is 2.19. The smallest absolute Gasteiger partial charge is 0.324 e. The Balaban J connectivity index is 2.38. The quantitative estimate of drug-likeness (QED) is 0.796. The maximum Gasteiger partial charge on any atom is 0.324 e. The zero-order valence-corrected chi connectivity index (χ0v) is 13.0. The van der Waals surface area contributed by atoms with E-state index in [2.05, 4.69) is 39.2 Å². The van der Waals surface area contributed by atoms with Crippen LogP contribution in [0.5, 0.6) is 0 Å². The predicted octanol–water partition coefficient (Wildman–Crippen LogP) is 1.95. The highest BCUT2D eigenvalue weighted by Gasteiger charge is 2.37. The zero-order valence-electron chi connectivity index (χ0n) is 12.0. The lowest BCUT2D eigenvalue weighted by Gasteiger charge is -2.37. The second kappa shape index (κ2) is 5.40. The van der Waals surface area contributed by atoms with E-state index in [4.69, 9.17) is 4.43 Å². The van der Waals surface area contributed by atoms with Gasteiger partial charge in [0.25, 0.3) is 0 Å². The Labute approximate surface area is 110 Å². The Morgan fingerprint density at radius 1 is 1.33 bits per heavy atom. The zero-order chi connectivity index (χ0) is 14.0. The fourth-order valence-corrected chi connectivity index (χ4v) is 2.47. The summed E-state index contributed by atoms with van der Waals surface area (Å²) >= 11 is 0. The lowest BCUT2D eigenvalue weighted by molar-refractivity contribution is -0.121. The van der Waals surface area contributed by atoms with Crippen molar-refractivity contribution in [3.63, 3.8) is 0 Å². The maximum atomic E-state index is 11.5. The maximum absolute atomic E-state index is 11.5. The van der Waals surface area contributed by atoms with E-state index in [9.17, 15) is 9.59 Å². The molecule has 0 aliphatic carbocycles. The number of nitrogens with one attached hydrogen (secondary N) is 1. The van der Waals surface area contributed by atoms with Gasteiger partial charge >= 0.3 is 6.03 Å². The van der Waals surface area contributed by atoms with Gasteiger partial charge in [-0.25, -0.2) is 4.79 Å². The highest BCUT2D eigenvalue weighted by molar-refractivity contribution is 6.74. The van der Waals surface area contributed by atoms with E-state index in [1.807, 2.05) is 0 Å². The van der Waals surface area contributed by atoms with Crippen LogP contribution in [0.25, 0.3) is 0 Å². The van der Waals surface area contributed by atoms with Gasteiger partial charge in [0.1, 0.15) is 0 Å².